The molecule has 0 aliphatic rings. The number of H-pyrrole nitrogens is 1. The Balaban J connectivity index is 2.58. The third-order valence-corrected chi connectivity index (χ3v) is 3.18. The van der Waals surface area contributed by atoms with Gasteiger partial charge in [0.25, 0.3) is 15.7 Å². The average Bonchev–Trinajstić information content (AvgIpc) is 2.58. The predicted octanol–water partition coefficient (Wildman–Crippen LogP) is 0.627. The van der Waals surface area contributed by atoms with E-state index in [1.165, 1.54) is 28.9 Å². The molecule has 2 aromatic rings. The van der Waals surface area contributed by atoms with E-state index in [0.717, 1.165) is 0 Å². The van der Waals surface area contributed by atoms with Gasteiger partial charge in [0.1, 0.15) is 0 Å². The molecule has 0 aliphatic heterocycles. The van der Waals surface area contributed by atoms with Gasteiger partial charge in [-0.1, -0.05) is 12.1 Å². The van der Waals surface area contributed by atoms with Gasteiger partial charge in [-0.05, 0) is 12.1 Å². The number of rotatable bonds is 2. The van der Waals surface area contributed by atoms with Gasteiger partial charge in [0.2, 0.25) is 0 Å². The molecule has 0 spiro atoms. The molecule has 0 amide bonds. The zero-order chi connectivity index (χ0) is 12.6. The van der Waals surface area contributed by atoms with Crippen molar-refractivity contribution in [2.75, 3.05) is 0 Å². The van der Waals surface area contributed by atoms with E-state index in [1.54, 1.807) is 13.1 Å². The summed E-state index contributed by atoms with van der Waals surface area (Å²) in [4.78, 5) is 11.1. The number of benzene rings is 1. The molecule has 0 fully saturated rings. The number of aromatic amines is 1. The first-order valence-corrected chi connectivity index (χ1v) is 6.16. The molecule has 7 heteroatoms. The third-order valence-electron chi connectivity index (χ3n) is 2.33. The van der Waals surface area contributed by atoms with Crippen molar-refractivity contribution in [2.24, 2.45) is 7.05 Å². The van der Waals surface area contributed by atoms with E-state index in [9.17, 15) is 13.2 Å². The van der Waals surface area contributed by atoms with E-state index in [0.29, 0.717) is 11.3 Å². The summed E-state index contributed by atoms with van der Waals surface area (Å²) < 4.78 is 32.1. The van der Waals surface area contributed by atoms with Crippen molar-refractivity contribution in [2.45, 2.75) is 4.90 Å². The number of hydrogen-bond acceptors (Lipinski definition) is 3. The van der Waals surface area contributed by atoms with Crippen LogP contribution in [0.15, 0.2) is 40.0 Å². The molecule has 0 atom stereocenters. The molecule has 0 radical (unpaired) electrons. The number of nitrogens with zero attached hydrogens (tertiary/aromatic N) is 1. The van der Waals surface area contributed by atoms with E-state index in [1.807, 2.05) is 0 Å². The minimum absolute atomic E-state index is 0.209. The van der Waals surface area contributed by atoms with Gasteiger partial charge in [-0.15, -0.1) is 0 Å². The van der Waals surface area contributed by atoms with E-state index in [-0.39, 0.29) is 10.5 Å². The van der Waals surface area contributed by atoms with Crippen LogP contribution in [0.1, 0.15) is 0 Å². The summed E-state index contributed by atoms with van der Waals surface area (Å²) in [6.45, 7) is 0. The molecule has 90 valence electrons. The summed E-state index contributed by atoms with van der Waals surface area (Å²) in [6.07, 6.45) is 0. The van der Waals surface area contributed by atoms with Crippen LogP contribution in [-0.2, 0) is 17.2 Å². The lowest BCUT2D eigenvalue weighted by Crippen LogP contribution is -2.09. The van der Waals surface area contributed by atoms with Crippen LogP contribution < -0.4 is 5.56 Å². The van der Waals surface area contributed by atoms with Gasteiger partial charge in [0, 0.05) is 18.7 Å². The molecule has 1 heterocycles. The summed E-state index contributed by atoms with van der Waals surface area (Å²) in [5.41, 5.74) is 0.776. The molecule has 2 N–H and O–H groups in total. The molecule has 0 bridgehead atoms. The summed E-state index contributed by atoms with van der Waals surface area (Å²) in [6, 6.07) is 7.05. The Morgan fingerprint density at radius 2 is 2.00 bits per heavy atom. The highest BCUT2D eigenvalue weighted by Gasteiger charge is 2.11. The maximum atomic E-state index is 11.3. The SMILES string of the molecule is Cn1[nH]c(-c2cccc(S(=O)(=O)O)c2)cc1=O. The van der Waals surface area contributed by atoms with Crippen molar-refractivity contribution in [1.82, 2.24) is 9.78 Å². The Morgan fingerprint density at radius 3 is 2.53 bits per heavy atom. The maximum absolute atomic E-state index is 11.3. The Kier molecular flexibility index (Phi) is 2.64. The Morgan fingerprint density at radius 1 is 1.29 bits per heavy atom. The third kappa shape index (κ3) is 2.29. The van der Waals surface area contributed by atoms with E-state index >= 15 is 0 Å². The van der Waals surface area contributed by atoms with Crippen molar-refractivity contribution in [3.8, 4) is 11.3 Å². The van der Waals surface area contributed by atoms with Crippen LogP contribution >= 0.6 is 0 Å². The number of aryl methyl sites for hydroxylation is 1. The van der Waals surface area contributed by atoms with Gasteiger partial charge in [-0.25, -0.2) is 0 Å². The minimum Gasteiger partial charge on any atom is -0.295 e. The normalized spacial score (nSPS) is 11.6. The number of nitrogens with one attached hydrogen (secondary N) is 1. The van der Waals surface area contributed by atoms with Crippen LogP contribution in [0, 0.1) is 0 Å². The molecule has 1 aromatic heterocycles. The molecule has 0 aliphatic carbocycles. The molecular formula is C10H10N2O4S. The fraction of sp³-hybridized carbons (Fsp3) is 0.100. The largest absolute Gasteiger partial charge is 0.295 e. The van der Waals surface area contributed by atoms with Crippen molar-refractivity contribution >= 4 is 10.1 Å². The molecule has 1 aromatic carbocycles. The standard InChI is InChI=1S/C10H10N2O4S/c1-12-10(13)6-9(11-12)7-3-2-4-8(5-7)17(14,15)16/h2-6,11H,1H3,(H,14,15,16). The fourth-order valence-electron chi connectivity index (χ4n) is 1.46. The van der Waals surface area contributed by atoms with Crippen LogP contribution in [0.25, 0.3) is 11.3 Å². The number of hydrogen-bond donors (Lipinski definition) is 2. The van der Waals surface area contributed by atoms with Gasteiger partial charge in [-0.2, -0.15) is 8.42 Å². The molecule has 2 rings (SSSR count). The quantitative estimate of drug-likeness (QED) is 0.769. The molecule has 6 nitrogen and oxygen atoms in total. The van der Waals surface area contributed by atoms with E-state index < -0.39 is 10.1 Å². The van der Waals surface area contributed by atoms with Gasteiger partial charge in [0.05, 0.1) is 10.6 Å². The van der Waals surface area contributed by atoms with Crippen LogP contribution in [0.2, 0.25) is 0 Å². The fourth-order valence-corrected chi connectivity index (χ4v) is 1.99. The lowest BCUT2D eigenvalue weighted by molar-refractivity contribution is 0.483. The zero-order valence-electron chi connectivity index (χ0n) is 8.91. The van der Waals surface area contributed by atoms with Crippen LogP contribution in [0.3, 0.4) is 0 Å². The summed E-state index contributed by atoms with van der Waals surface area (Å²) >= 11 is 0. The van der Waals surface area contributed by atoms with Crippen molar-refractivity contribution in [3.05, 3.63) is 40.7 Å². The Labute approximate surface area is 97.3 Å². The van der Waals surface area contributed by atoms with Gasteiger partial charge < -0.3 is 0 Å². The van der Waals surface area contributed by atoms with E-state index in [2.05, 4.69) is 5.10 Å². The second-order valence-electron chi connectivity index (χ2n) is 3.57. The highest BCUT2D eigenvalue weighted by molar-refractivity contribution is 7.85. The lowest BCUT2D eigenvalue weighted by Gasteiger charge is -2.00. The molecule has 0 saturated carbocycles. The lowest BCUT2D eigenvalue weighted by atomic mass is 10.2. The Bertz CT molecular complexity index is 712. The van der Waals surface area contributed by atoms with Gasteiger partial charge in [0.15, 0.2) is 0 Å². The molecular weight excluding hydrogens is 244 g/mol. The van der Waals surface area contributed by atoms with Gasteiger partial charge >= 0.3 is 0 Å². The molecule has 17 heavy (non-hydrogen) atoms. The summed E-state index contributed by atoms with van der Waals surface area (Å²) in [5, 5.41) is 2.77. The first-order chi connectivity index (χ1) is 7.88. The number of aromatic nitrogens is 2. The molecule has 0 unspecified atom stereocenters. The van der Waals surface area contributed by atoms with Crippen LogP contribution in [-0.4, -0.2) is 22.8 Å². The Hall–Kier alpha value is -1.86. The monoisotopic (exact) mass is 254 g/mol. The predicted molar refractivity (Wildman–Crippen MR) is 61.3 cm³/mol. The van der Waals surface area contributed by atoms with Crippen LogP contribution in [0.5, 0.6) is 0 Å². The van der Waals surface area contributed by atoms with E-state index in [4.69, 9.17) is 4.55 Å². The first kappa shape index (κ1) is 11.6. The molecule has 0 saturated heterocycles. The van der Waals surface area contributed by atoms with Crippen molar-refractivity contribution < 1.29 is 13.0 Å². The highest BCUT2D eigenvalue weighted by atomic mass is 32.2. The first-order valence-electron chi connectivity index (χ1n) is 4.72. The second kappa shape index (κ2) is 3.86. The van der Waals surface area contributed by atoms with Crippen molar-refractivity contribution in [3.63, 3.8) is 0 Å². The topological polar surface area (TPSA) is 92.2 Å². The highest BCUT2D eigenvalue weighted by Crippen LogP contribution is 2.19. The maximum Gasteiger partial charge on any atom is 0.294 e. The van der Waals surface area contributed by atoms with Gasteiger partial charge in [-0.3, -0.25) is 19.1 Å². The smallest absolute Gasteiger partial charge is 0.294 e. The van der Waals surface area contributed by atoms with Crippen LogP contribution in [0.4, 0.5) is 0 Å². The average molecular weight is 254 g/mol. The zero-order valence-corrected chi connectivity index (χ0v) is 9.73. The summed E-state index contributed by atoms with van der Waals surface area (Å²) in [7, 11) is -2.68. The van der Waals surface area contributed by atoms with Crippen molar-refractivity contribution in [1.29, 1.82) is 0 Å². The summed E-state index contributed by atoms with van der Waals surface area (Å²) in [5.74, 6) is 0. The minimum atomic E-state index is -4.24. The second-order valence-corrected chi connectivity index (χ2v) is 4.99.